The van der Waals surface area contributed by atoms with Crippen molar-refractivity contribution in [3.05, 3.63) is 60.2 Å². The van der Waals surface area contributed by atoms with Crippen LogP contribution in [0.1, 0.15) is 23.7 Å². The van der Waals surface area contributed by atoms with Gasteiger partial charge in [-0.05, 0) is 17.7 Å². The Kier molecular flexibility index (Phi) is 6.45. The first kappa shape index (κ1) is 21.9. The number of hydrogen-bond acceptors (Lipinski definition) is 6. The molecular formula is C23H23N3O5S. The third-order valence-corrected chi connectivity index (χ3v) is 6.83. The number of carbonyl (C=O) groups is 4. The number of anilines is 1. The van der Waals surface area contributed by atoms with Gasteiger partial charge in [-0.25, -0.2) is 0 Å². The number of nitrogens with zero attached hydrogens (tertiary/aromatic N) is 1. The van der Waals surface area contributed by atoms with Gasteiger partial charge in [0.25, 0.3) is 11.8 Å². The maximum atomic E-state index is 13.8. The van der Waals surface area contributed by atoms with Gasteiger partial charge in [0, 0.05) is 24.8 Å². The number of benzene rings is 2. The SMILES string of the molecule is CNC(=O)CN1C(=O)[C@@H](NC(=O)[C@@H]2CCC(=O)O2)[C@@H](c2ccccc2)Sc2ccccc21. The lowest BCUT2D eigenvalue weighted by molar-refractivity contribution is -0.148. The maximum absolute atomic E-state index is 13.8. The Hall–Kier alpha value is -3.33. The minimum Gasteiger partial charge on any atom is -0.452 e. The van der Waals surface area contributed by atoms with E-state index in [1.165, 1.54) is 23.7 Å². The van der Waals surface area contributed by atoms with Crippen molar-refractivity contribution in [1.29, 1.82) is 0 Å². The van der Waals surface area contributed by atoms with E-state index in [1.807, 2.05) is 42.5 Å². The molecule has 0 aliphatic carbocycles. The number of amides is 3. The number of fused-ring (bicyclic) bond motifs is 1. The second-order valence-corrected chi connectivity index (χ2v) is 8.70. The van der Waals surface area contributed by atoms with Crippen LogP contribution in [0, 0.1) is 0 Å². The fraction of sp³-hybridized carbons (Fsp3) is 0.304. The van der Waals surface area contributed by atoms with Gasteiger partial charge in [0.1, 0.15) is 12.6 Å². The summed E-state index contributed by atoms with van der Waals surface area (Å²) in [6.07, 6.45) is -0.478. The van der Waals surface area contributed by atoms with Crippen LogP contribution in [-0.2, 0) is 23.9 Å². The Morgan fingerprint density at radius 3 is 2.50 bits per heavy atom. The zero-order valence-electron chi connectivity index (χ0n) is 17.4. The molecule has 4 rings (SSSR count). The van der Waals surface area contributed by atoms with E-state index in [-0.39, 0.29) is 25.3 Å². The van der Waals surface area contributed by atoms with Gasteiger partial charge in [0.2, 0.25) is 5.91 Å². The maximum Gasteiger partial charge on any atom is 0.306 e. The molecule has 0 saturated carbocycles. The number of likely N-dealkylation sites (N-methyl/N-ethyl adjacent to an activating group) is 1. The Morgan fingerprint density at radius 2 is 1.81 bits per heavy atom. The highest BCUT2D eigenvalue weighted by atomic mass is 32.2. The van der Waals surface area contributed by atoms with Crippen molar-refractivity contribution < 1.29 is 23.9 Å². The highest BCUT2D eigenvalue weighted by Gasteiger charge is 2.42. The van der Waals surface area contributed by atoms with E-state index >= 15 is 0 Å². The summed E-state index contributed by atoms with van der Waals surface area (Å²) >= 11 is 1.45. The van der Waals surface area contributed by atoms with E-state index < -0.39 is 35.2 Å². The second-order valence-electron chi connectivity index (χ2n) is 7.52. The van der Waals surface area contributed by atoms with Crippen LogP contribution in [0.15, 0.2) is 59.5 Å². The average molecular weight is 454 g/mol. The Labute approximate surface area is 189 Å². The fourth-order valence-electron chi connectivity index (χ4n) is 3.78. The van der Waals surface area contributed by atoms with Crippen molar-refractivity contribution in [3.8, 4) is 0 Å². The summed E-state index contributed by atoms with van der Waals surface area (Å²) < 4.78 is 5.10. The minimum absolute atomic E-state index is 0.168. The summed E-state index contributed by atoms with van der Waals surface area (Å²) in [5, 5.41) is 4.92. The molecule has 0 radical (unpaired) electrons. The molecule has 0 spiro atoms. The van der Waals surface area contributed by atoms with Crippen LogP contribution in [0.4, 0.5) is 5.69 Å². The van der Waals surface area contributed by atoms with E-state index in [0.29, 0.717) is 5.69 Å². The number of ether oxygens (including phenoxy) is 1. The first-order valence-corrected chi connectivity index (χ1v) is 11.2. The van der Waals surface area contributed by atoms with E-state index in [1.54, 1.807) is 12.1 Å². The van der Waals surface area contributed by atoms with Crippen molar-refractivity contribution in [2.75, 3.05) is 18.5 Å². The molecule has 2 aliphatic rings. The predicted octanol–water partition coefficient (Wildman–Crippen LogP) is 1.80. The smallest absolute Gasteiger partial charge is 0.306 e. The van der Waals surface area contributed by atoms with Crippen LogP contribution in [0.3, 0.4) is 0 Å². The van der Waals surface area contributed by atoms with Crippen molar-refractivity contribution in [2.24, 2.45) is 0 Å². The summed E-state index contributed by atoms with van der Waals surface area (Å²) in [6, 6.07) is 15.8. The van der Waals surface area contributed by atoms with E-state index in [2.05, 4.69) is 10.6 Å². The van der Waals surface area contributed by atoms with Gasteiger partial charge in [-0.15, -0.1) is 11.8 Å². The highest BCUT2D eigenvalue weighted by Crippen LogP contribution is 2.45. The monoisotopic (exact) mass is 453 g/mol. The quantitative estimate of drug-likeness (QED) is 0.669. The first-order valence-electron chi connectivity index (χ1n) is 10.3. The summed E-state index contributed by atoms with van der Waals surface area (Å²) in [4.78, 5) is 52.6. The molecule has 1 fully saturated rings. The normalized spacial score (nSPS) is 22.5. The molecule has 2 aliphatic heterocycles. The number of esters is 1. The van der Waals surface area contributed by atoms with Gasteiger partial charge in [0.05, 0.1) is 10.9 Å². The predicted molar refractivity (Wildman–Crippen MR) is 119 cm³/mol. The van der Waals surface area contributed by atoms with E-state index in [4.69, 9.17) is 4.74 Å². The van der Waals surface area contributed by atoms with E-state index in [9.17, 15) is 19.2 Å². The molecule has 2 N–H and O–H groups in total. The Bertz CT molecular complexity index is 1040. The lowest BCUT2D eigenvalue weighted by Crippen LogP contribution is -2.54. The molecule has 32 heavy (non-hydrogen) atoms. The van der Waals surface area contributed by atoms with Crippen LogP contribution >= 0.6 is 11.8 Å². The van der Waals surface area contributed by atoms with Crippen LogP contribution in [0.2, 0.25) is 0 Å². The molecule has 8 nitrogen and oxygen atoms in total. The van der Waals surface area contributed by atoms with Gasteiger partial charge in [-0.1, -0.05) is 42.5 Å². The molecule has 0 aromatic heterocycles. The molecule has 2 heterocycles. The minimum atomic E-state index is -0.966. The fourth-order valence-corrected chi connectivity index (χ4v) is 5.13. The molecule has 2 aromatic rings. The summed E-state index contributed by atoms with van der Waals surface area (Å²) in [5.74, 6) is -1.68. The van der Waals surface area contributed by atoms with Crippen molar-refractivity contribution in [3.63, 3.8) is 0 Å². The Balaban J connectivity index is 1.74. The first-order chi connectivity index (χ1) is 15.5. The average Bonchev–Trinajstić information content (AvgIpc) is 3.22. The second kappa shape index (κ2) is 9.44. The number of nitrogens with one attached hydrogen (secondary N) is 2. The molecule has 0 unspecified atom stereocenters. The summed E-state index contributed by atoms with van der Waals surface area (Å²) in [5.41, 5.74) is 1.47. The van der Waals surface area contributed by atoms with Gasteiger partial charge in [-0.2, -0.15) is 0 Å². The topological polar surface area (TPSA) is 105 Å². The van der Waals surface area contributed by atoms with Crippen LogP contribution in [0.5, 0.6) is 0 Å². The number of cyclic esters (lactones) is 1. The van der Waals surface area contributed by atoms with Crippen LogP contribution in [0.25, 0.3) is 0 Å². The van der Waals surface area contributed by atoms with Gasteiger partial charge in [-0.3, -0.25) is 19.2 Å². The summed E-state index contributed by atoms with van der Waals surface area (Å²) in [7, 11) is 1.51. The highest BCUT2D eigenvalue weighted by molar-refractivity contribution is 7.99. The number of hydrogen-bond donors (Lipinski definition) is 2. The van der Waals surface area contributed by atoms with E-state index in [0.717, 1.165) is 10.5 Å². The van der Waals surface area contributed by atoms with Crippen molar-refractivity contribution >= 4 is 41.1 Å². The van der Waals surface area contributed by atoms with Crippen molar-refractivity contribution in [2.45, 2.75) is 35.1 Å². The number of carbonyl (C=O) groups excluding carboxylic acids is 4. The molecule has 9 heteroatoms. The molecule has 1 saturated heterocycles. The van der Waals surface area contributed by atoms with Gasteiger partial charge >= 0.3 is 5.97 Å². The number of para-hydroxylation sites is 1. The molecule has 2 aromatic carbocycles. The number of thioether (sulfide) groups is 1. The molecular weight excluding hydrogens is 430 g/mol. The number of rotatable bonds is 5. The largest absolute Gasteiger partial charge is 0.452 e. The third-order valence-electron chi connectivity index (χ3n) is 5.43. The molecule has 3 atom stereocenters. The zero-order chi connectivity index (χ0) is 22.7. The molecule has 3 amide bonds. The zero-order valence-corrected chi connectivity index (χ0v) is 18.3. The van der Waals surface area contributed by atoms with Crippen LogP contribution < -0.4 is 15.5 Å². The lowest BCUT2D eigenvalue weighted by Gasteiger charge is -2.29. The molecule has 0 bridgehead atoms. The Morgan fingerprint density at radius 1 is 1.09 bits per heavy atom. The third kappa shape index (κ3) is 4.47. The van der Waals surface area contributed by atoms with Crippen molar-refractivity contribution in [1.82, 2.24) is 10.6 Å². The standard InChI is InChI=1S/C23H23N3O5S/c1-24-18(27)13-26-15-9-5-6-10-17(15)32-21(14-7-3-2-4-8-14)20(23(26)30)25-22(29)16-11-12-19(28)31-16/h2-10,16,20-21H,11-13H2,1H3,(H,24,27)(H,25,29)/t16-,20-,21+/m0/s1. The molecule has 166 valence electrons. The lowest BCUT2D eigenvalue weighted by atomic mass is 10.0. The van der Waals surface area contributed by atoms with Gasteiger partial charge in [0.15, 0.2) is 6.10 Å². The summed E-state index contributed by atoms with van der Waals surface area (Å²) in [6.45, 7) is -0.181. The van der Waals surface area contributed by atoms with Crippen LogP contribution in [-0.4, -0.2) is 49.4 Å². The van der Waals surface area contributed by atoms with Gasteiger partial charge < -0.3 is 20.3 Å².